The van der Waals surface area contributed by atoms with Crippen molar-refractivity contribution in [2.75, 3.05) is 7.11 Å². The van der Waals surface area contributed by atoms with E-state index in [4.69, 9.17) is 4.74 Å². The fourth-order valence-corrected chi connectivity index (χ4v) is 3.04. The number of fused-ring (bicyclic) bond motifs is 1. The number of nitrogens with zero attached hydrogens (tertiary/aromatic N) is 3. The Kier molecular flexibility index (Phi) is 4.20. The Balaban J connectivity index is 1.96. The molecule has 2 aromatic heterocycles. The molecule has 0 amide bonds. The molecule has 1 aromatic carbocycles. The van der Waals surface area contributed by atoms with Crippen LogP contribution in [0.25, 0.3) is 10.2 Å². The fraction of sp³-hybridized carbons (Fsp3) is 0.188. The van der Waals surface area contributed by atoms with E-state index in [0.29, 0.717) is 15.8 Å². The SMILES string of the molecule is CCc1cc2c(=O)n(/N=C\c3ccc(OC)c(F)c3)cnc2s1. The van der Waals surface area contributed by atoms with Crippen molar-refractivity contribution in [1.29, 1.82) is 0 Å². The lowest BCUT2D eigenvalue weighted by Crippen LogP contribution is -2.16. The summed E-state index contributed by atoms with van der Waals surface area (Å²) in [5, 5.41) is 4.62. The summed E-state index contributed by atoms with van der Waals surface area (Å²) in [5.74, 6) is -0.324. The molecule has 0 aliphatic heterocycles. The monoisotopic (exact) mass is 331 g/mol. The van der Waals surface area contributed by atoms with Gasteiger partial charge in [0.05, 0.1) is 18.7 Å². The van der Waals surface area contributed by atoms with Crippen molar-refractivity contribution in [3.63, 3.8) is 0 Å². The van der Waals surface area contributed by atoms with Gasteiger partial charge in [0, 0.05) is 4.88 Å². The molecule has 0 atom stereocenters. The third-order valence-electron chi connectivity index (χ3n) is 3.34. The van der Waals surface area contributed by atoms with E-state index >= 15 is 0 Å². The second-order valence-electron chi connectivity index (χ2n) is 4.82. The van der Waals surface area contributed by atoms with Crippen LogP contribution in [0.3, 0.4) is 0 Å². The van der Waals surface area contributed by atoms with Crippen LogP contribution in [0.5, 0.6) is 5.75 Å². The van der Waals surface area contributed by atoms with E-state index in [1.54, 1.807) is 6.07 Å². The second-order valence-corrected chi connectivity index (χ2v) is 5.93. The van der Waals surface area contributed by atoms with E-state index in [1.807, 2.05) is 13.0 Å². The molecule has 0 N–H and O–H groups in total. The molecule has 3 aromatic rings. The van der Waals surface area contributed by atoms with Crippen LogP contribution in [-0.2, 0) is 6.42 Å². The number of methoxy groups -OCH3 is 1. The van der Waals surface area contributed by atoms with Crippen LogP contribution in [0, 0.1) is 5.82 Å². The highest BCUT2D eigenvalue weighted by atomic mass is 32.1. The zero-order valence-corrected chi connectivity index (χ0v) is 13.4. The summed E-state index contributed by atoms with van der Waals surface area (Å²) < 4.78 is 19.6. The fourth-order valence-electron chi connectivity index (χ4n) is 2.11. The Morgan fingerprint density at radius 2 is 2.26 bits per heavy atom. The van der Waals surface area contributed by atoms with Crippen LogP contribution < -0.4 is 10.3 Å². The Morgan fingerprint density at radius 1 is 1.43 bits per heavy atom. The van der Waals surface area contributed by atoms with E-state index in [2.05, 4.69) is 10.1 Å². The standard InChI is InChI=1S/C16H14FN3O2S/c1-3-11-7-12-15(23-11)18-9-20(16(12)21)19-8-10-4-5-14(22-2)13(17)6-10/h4-9H,3H2,1-2H3/b19-8-. The number of ether oxygens (including phenoxy) is 1. The van der Waals surface area contributed by atoms with Crippen LogP contribution in [0.4, 0.5) is 4.39 Å². The van der Waals surface area contributed by atoms with E-state index in [-0.39, 0.29) is 11.3 Å². The van der Waals surface area contributed by atoms with Gasteiger partial charge in [-0.2, -0.15) is 9.78 Å². The molecular formula is C16H14FN3O2S. The van der Waals surface area contributed by atoms with Crippen molar-refractivity contribution in [2.24, 2.45) is 5.10 Å². The highest BCUT2D eigenvalue weighted by Crippen LogP contribution is 2.21. The third-order valence-corrected chi connectivity index (χ3v) is 4.53. The van der Waals surface area contributed by atoms with Crippen LogP contribution >= 0.6 is 11.3 Å². The van der Waals surface area contributed by atoms with Gasteiger partial charge in [-0.1, -0.05) is 6.92 Å². The molecule has 2 heterocycles. The van der Waals surface area contributed by atoms with Crippen LogP contribution in [-0.4, -0.2) is 23.0 Å². The Morgan fingerprint density at radius 3 is 2.96 bits per heavy atom. The Hall–Kier alpha value is -2.54. The molecule has 0 unspecified atom stereocenters. The molecule has 0 bridgehead atoms. The van der Waals surface area contributed by atoms with Gasteiger partial charge in [0.15, 0.2) is 11.6 Å². The summed E-state index contributed by atoms with van der Waals surface area (Å²) in [6, 6.07) is 6.29. The van der Waals surface area contributed by atoms with E-state index < -0.39 is 5.82 Å². The summed E-state index contributed by atoms with van der Waals surface area (Å²) in [4.78, 5) is 18.4. The highest BCUT2D eigenvalue weighted by molar-refractivity contribution is 7.18. The third kappa shape index (κ3) is 3.00. The lowest BCUT2D eigenvalue weighted by Gasteiger charge is -2.02. The van der Waals surface area contributed by atoms with Crippen molar-refractivity contribution in [3.05, 3.63) is 57.2 Å². The highest BCUT2D eigenvalue weighted by Gasteiger charge is 2.08. The quantitative estimate of drug-likeness (QED) is 0.691. The number of aromatic nitrogens is 2. The molecule has 3 rings (SSSR count). The number of hydrogen-bond donors (Lipinski definition) is 0. The molecule has 7 heteroatoms. The summed E-state index contributed by atoms with van der Waals surface area (Å²) in [6.45, 7) is 2.03. The summed E-state index contributed by atoms with van der Waals surface area (Å²) >= 11 is 1.50. The van der Waals surface area contributed by atoms with Gasteiger partial charge in [-0.05, 0) is 36.2 Å². The van der Waals surface area contributed by atoms with E-state index in [1.165, 1.54) is 43.1 Å². The van der Waals surface area contributed by atoms with Gasteiger partial charge >= 0.3 is 0 Å². The van der Waals surface area contributed by atoms with Gasteiger partial charge in [0.1, 0.15) is 11.2 Å². The van der Waals surface area contributed by atoms with E-state index in [0.717, 1.165) is 16.0 Å². The maximum absolute atomic E-state index is 13.6. The molecule has 0 saturated heterocycles. The molecule has 5 nitrogen and oxygen atoms in total. The zero-order chi connectivity index (χ0) is 16.4. The number of benzene rings is 1. The first-order valence-electron chi connectivity index (χ1n) is 7.00. The van der Waals surface area contributed by atoms with Gasteiger partial charge in [-0.15, -0.1) is 11.3 Å². The first kappa shape index (κ1) is 15.4. The van der Waals surface area contributed by atoms with Crippen LogP contribution in [0.15, 0.2) is 40.5 Å². The maximum atomic E-state index is 13.6. The molecular weight excluding hydrogens is 317 g/mol. The minimum Gasteiger partial charge on any atom is -0.494 e. The molecule has 0 radical (unpaired) electrons. The summed E-state index contributed by atoms with van der Waals surface area (Å²) in [5.41, 5.74) is 0.283. The van der Waals surface area contributed by atoms with Crippen LogP contribution in [0.2, 0.25) is 0 Å². The molecule has 0 aliphatic carbocycles. The average molecular weight is 331 g/mol. The number of halogens is 1. The minimum atomic E-state index is -0.484. The number of hydrogen-bond acceptors (Lipinski definition) is 5. The van der Waals surface area contributed by atoms with Crippen molar-refractivity contribution in [3.8, 4) is 5.75 Å². The number of aryl methyl sites for hydroxylation is 1. The second kappa shape index (κ2) is 6.29. The summed E-state index contributed by atoms with van der Waals surface area (Å²) in [7, 11) is 1.40. The minimum absolute atomic E-state index is 0.160. The summed E-state index contributed by atoms with van der Waals surface area (Å²) in [6.07, 6.45) is 3.64. The largest absolute Gasteiger partial charge is 0.494 e. The lowest BCUT2D eigenvalue weighted by atomic mass is 10.2. The Bertz CT molecular complexity index is 946. The molecule has 0 fully saturated rings. The molecule has 0 spiro atoms. The van der Waals surface area contributed by atoms with Gasteiger partial charge in [0.2, 0.25) is 0 Å². The predicted molar refractivity (Wildman–Crippen MR) is 89.2 cm³/mol. The smallest absolute Gasteiger partial charge is 0.282 e. The van der Waals surface area contributed by atoms with Gasteiger partial charge in [-0.3, -0.25) is 4.79 Å². The first-order chi connectivity index (χ1) is 11.1. The van der Waals surface area contributed by atoms with Crippen molar-refractivity contribution < 1.29 is 9.13 Å². The molecule has 0 saturated carbocycles. The van der Waals surface area contributed by atoms with Gasteiger partial charge in [0.25, 0.3) is 5.56 Å². The first-order valence-corrected chi connectivity index (χ1v) is 7.82. The molecule has 118 valence electrons. The Labute approximate surface area is 135 Å². The zero-order valence-electron chi connectivity index (χ0n) is 12.6. The number of rotatable bonds is 4. The van der Waals surface area contributed by atoms with Gasteiger partial charge in [-0.25, -0.2) is 9.37 Å². The van der Waals surface area contributed by atoms with Crippen molar-refractivity contribution in [2.45, 2.75) is 13.3 Å². The van der Waals surface area contributed by atoms with Crippen molar-refractivity contribution >= 4 is 27.8 Å². The molecule has 0 aliphatic rings. The average Bonchev–Trinajstić information content (AvgIpc) is 2.98. The van der Waals surface area contributed by atoms with E-state index in [9.17, 15) is 9.18 Å². The van der Waals surface area contributed by atoms with Gasteiger partial charge < -0.3 is 4.74 Å². The predicted octanol–water partition coefficient (Wildman–Crippen LogP) is 3.05. The maximum Gasteiger partial charge on any atom is 0.282 e. The molecule has 23 heavy (non-hydrogen) atoms. The van der Waals surface area contributed by atoms with Crippen LogP contribution in [0.1, 0.15) is 17.4 Å². The normalized spacial score (nSPS) is 11.4. The van der Waals surface area contributed by atoms with Crippen molar-refractivity contribution in [1.82, 2.24) is 9.66 Å². The lowest BCUT2D eigenvalue weighted by molar-refractivity contribution is 0.386. The topological polar surface area (TPSA) is 56.5 Å². The number of thiophene rings is 1.